The molecule has 0 bridgehead atoms. The number of hydrazine groups is 1. The summed E-state index contributed by atoms with van der Waals surface area (Å²) in [6, 6.07) is 0.832. The van der Waals surface area contributed by atoms with Crippen LogP contribution in [0.4, 0.5) is 0 Å². The lowest BCUT2D eigenvalue weighted by Crippen LogP contribution is -2.47. The van der Waals surface area contributed by atoms with Gasteiger partial charge in [-0.05, 0) is 25.7 Å². The van der Waals surface area contributed by atoms with Gasteiger partial charge in [-0.25, -0.2) is 5.01 Å². The summed E-state index contributed by atoms with van der Waals surface area (Å²) in [7, 11) is 0. The summed E-state index contributed by atoms with van der Waals surface area (Å²) in [6.07, 6.45) is 15.8. The smallest absolute Gasteiger partial charge is 0.290 e. The van der Waals surface area contributed by atoms with Crippen LogP contribution in [0.25, 0.3) is 0 Å². The van der Waals surface area contributed by atoms with E-state index in [9.17, 15) is 0 Å². The molecule has 19 heavy (non-hydrogen) atoms. The van der Waals surface area contributed by atoms with Crippen LogP contribution in [-0.4, -0.2) is 35.7 Å². The van der Waals surface area contributed by atoms with Crippen LogP contribution < -0.4 is 5.43 Å². The Morgan fingerprint density at radius 3 is 2.11 bits per heavy atom. The van der Waals surface area contributed by atoms with Gasteiger partial charge in [0, 0.05) is 19.1 Å². The van der Waals surface area contributed by atoms with Gasteiger partial charge in [-0.3, -0.25) is 10.2 Å². The Balaban J connectivity index is 0.000000550. The SMILES string of the molecule is C1CCCC(N2CCCCCCN2)CCC1.O=CO. The number of nitrogens with one attached hydrogen (secondary N) is 1. The zero-order valence-corrected chi connectivity index (χ0v) is 12.1. The van der Waals surface area contributed by atoms with E-state index in [1.165, 1.54) is 83.7 Å². The molecule has 112 valence electrons. The summed E-state index contributed by atoms with van der Waals surface area (Å²) in [6.45, 7) is 2.24. The van der Waals surface area contributed by atoms with Crippen molar-refractivity contribution in [1.82, 2.24) is 10.4 Å². The molecule has 0 amide bonds. The fourth-order valence-electron chi connectivity index (χ4n) is 3.12. The van der Waals surface area contributed by atoms with E-state index in [4.69, 9.17) is 9.90 Å². The molecule has 1 aliphatic carbocycles. The fourth-order valence-corrected chi connectivity index (χ4v) is 3.12. The molecule has 1 saturated heterocycles. The Hall–Kier alpha value is -0.610. The van der Waals surface area contributed by atoms with E-state index in [2.05, 4.69) is 10.4 Å². The summed E-state index contributed by atoms with van der Waals surface area (Å²) in [5, 5.41) is 9.48. The number of hydrogen-bond donors (Lipinski definition) is 2. The summed E-state index contributed by atoms with van der Waals surface area (Å²) in [5.41, 5.74) is 3.67. The van der Waals surface area contributed by atoms with Crippen LogP contribution in [0, 0.1) is 0 Å². The molecule has 2 fully saturated rings. The van der Waals surface area contributed by atoms with Crippen LogP contribution in [-0.2, 0) is 4.79 Å². The maximum absolute atomic E-state index is 8.36. The Morgan fingerprint density at radius 1 is 0.895 bits per heavy atom. The van der Waals surface area contributed by atoms with Crippen molar-refractivity contribution in [3.8, 4) is 0 Å². The van der Waals surface area contributed by atoms with E-state index in [-0.39, 0.29) is 6.47 Å². The third-order valence-corrected chi connectivity index (χ3v) is 4.16. The lowest BCUT2D eigenvalue weighted by atomic mass is 9.96. The minimum Gasteiger partial charge on any atom is -0.483 e. The molecule has 4 heteroatoms. The molecule has 2 aliphatic rings. The molecule has 1 aliphatic heterocycles. The molecule has 4 nitrogen and oxygen atoms in total. The molecule has 0 spiro atoms. The largest absolute Gasteiger partial charge is 0.483 e. The molecule has 0 radical (unpaired) electrons. The lowest BCUT2D eigenvalue weighted by Gasteiger charge is -2.34. The number of carboxylic acid groups (broad SMARTS) is 1. The highest BCUT2D eigenvalue weighted by molar-refractivity contribution is 5.32. The molecule has 0 unspecified atom stereocenters. The fraction of sp³-hybridized carbons (Fsp3) is 0.933. The zero-order valence-electron chi connectivity index (χ0n) is 12.1. The first kappa shape index (κ1) is 16.4. The zero-order chi connectivity index (χ0) is 13.8. The first-order valence-corrected chi connectivity index (χ1v) is 7.96. The van der Waals surface area contributed by atoms with Crippen molar-refractivity contribution in [2.24, 2.45) is 0 Å². The molecule has 1 heterocycles. The first-order chi connectivity index (χ1) is 9.38. The monoisotopic (exact) mass is 270 g/mol. The number of nitrogens with zero attached hydrogens (tertiary/aromatic N) is 1. The normalized spacial score (nSPS) is 24.0. The van der Waals surface area contributed by atoms with Gasteiger partial charge in [0.05, 0.1) is 0 Å². The van der Waals surface area contributed by atoms with Crippen molar-refractivity contribution >= 4 is 6.47 Å². The van der Waals surface area contributed by atoms with E-state index in [1.807, 2.05) is 0 Å². The summed E-state index contributed by atoms with van der Waals surface area (Å²) >= 11 is 0. The van der Waals surface area contributed by atoms with Crippen molar-refractivity contribution in [3.05, 3.63) is 0 Å². The van der Waals surface area contributed by atoms with E-state index >= 15 is 0 Å². The van der Waals surface area contributed by atoms with Gasteiger partial charge < -0.3 is 5.11 Å². The molecular formula is C15H30N2O2. The van der Waals surface area contributed by atoms with Crippen molar-refractivity contribution in [1.29, 1.82) is 0 Å². The van der Waals surface area contributed by atoms with Crippen LogP contribution in [0.5, 0.6) is 0 Å². The van der Waals surface area contributed by atoms with Crippen LogP contribution in [0.3, 0.4) is 0 Å². The van der Waals surface area contributed by atoms with Crippen LogP contribution in [0.2, 0.25) is 0 Å². The van der Waals surface area contributed by atoms with Crippen molar-refractivity contribution in [2.75, 3.05) is 13.1 Å². The molecule has 0 aromatic rings. The predicted molar refractivity (Wildman–Crippen MR) is 78.0 cm³/mol. The van der Waals surface area contributed by atoms with Crippen molar-refractivity contribution in [2.45, 2.75) is 76.7 Å². The number of rotatable bonds is 1. The molecule has 2 N–H and O–H groups in total. The maximum atomic E-state index is 8.36. The van der Waals surface area contributed by atoms with E-state index in [0.29, 0.717) is 0 Å². The molecule has 0 aromatic carbocycles. The third-order valence-electron chi connectivity index (χ3n) is 4.16. The summed E-state index contributed by atoms with van der Waals surface area (Å²) in [4.78, 5) is 8.36. The highest BCUT2D eigenvalue weighted by Crippen LogP contribution is 2.21. The minimum absolute atomic E-state index is 0.250. The Labute approximate surface area is 117 Å². The Morgan fingerprint density at radius 2 is 1.42 bits per heavy atom. The van der Waals surface area contributed by atoms with Gasteiger partial charge in [0.15, 0.2) is 0 Å². The third kappa shape index (κ3) is 7.53. The average Bonchev–Trinajstić information content (AvgIpc) is 2.30. The van der Waals surface area contributed by atoms with Gasteiger partial charge >= 0.3 is 0 Å². The maximum Gasteiger partial charge on any atom is 0.290 e. The van der Waals surface area contributed by atoms with Crippen molar-refractivity contribution in [3.63, 3.8) is 0 Å². The molecular weight excluding hydrogens is 240 g/mol. The molecule has 0 aromatic heterocycles. The molecule has 1 saturated carbocycles. The lowest BCUT2D eigenvalue weighted by molar-refractivity contribution is -0.122. The van der Waals surface area contributed by atoms with E-state index < -0.39 is 0 Å². The average molecular weight is 270 g/mol. The molecule has 0 atom stereocenters. The molecule has 2 rings (SSSR count). The number of carbonyl (C=O) groups is 1. The summed E-state index contributed by atoms with van der Waals surface area (Å²) < 4.78 is 0. The Kier molecular flexibility index (Phi) is 9.72. The van der Waals surface area contributed by atoms with Gasteiger partial charge in [0.25, 0.3) is 6.47 Å². The van der Waals surface area contributed by atoms with Crippen LogP contribution in [0.15, 0.2) is 0 Å². The number of hydrogen-bond acceptors (Lipinski definition) is 3. The van der Waals surface area contributed by atoms with Gasteiger partial charge in [0.2, 0.25) is 0 Å². The Bertz CT molecular complexity index is 188. The minimum atomic E-state index is -0.250. The predicted octanol–water partition coefficient (Wildman–Crippen LogP) is 3.18. The van der Waals surface area contributed by atoms with Crippen LogP contribution >= 0.6 is 0 Å². The van der Waals surface area contributed by atoms with Crippen LogP contribution in [0.1, 0.15) is 70.6 Å². The van der Waals surface area contributed by atoms with Gasteiger partial charge in [0.1, 0.15) is 0 Å². The highest BCUT2D eigenvalue weighted by atomic mass is 16.3. The second-order valence-corrected chi connectivity index (χ2v) is 5.62. The topological polar surface area (TPSA) is 52.6 Å². The standard InChI is InChI=1S/C14H28N2.CH2O2/c1-2-6-10-14(11-7-3-1)16-13-9-5-4-8-12-15-16;2-1-3/h14-15H,1-13H2;1H,(H,2,3). The van der Waals surface area contributed by atoms with Gasteiger partial charge in [-0.1, -0.05) is 44.9 Å². The summed E-state index contributed by atoms with van der Waals surface area (Å²) in [5.74, 6) is 0. The quantitative estimate of drug-likeness (QED) is 0.719. The second-order valence-electron chi connectivity index (χ2n) is 5.62. The van der Waals surface area contributed by atoms with E-state index in [0.717, 1.165) is 6.04 Å². The first-order valence-electron chi connectivity index (χ1n) is 7.96. The van der Waals surface area contributed by atoms with Crippen molar-refractivity contribution < 1.29 is 9.90 Å². The van der Waals surface area contributed by atoms with E-state index in [1.54, 1.807) is 0 Å². The highest BCUT2D eigenvalue weighted by Gasteiger charge is 2.19. The van der Waals surface area contributed by atoms with Gasteiger partial charge in [-0.15, -0.1) is 0 Å². The van der Waals surface area contributed by atoms with Gasteiger partial charge in [-0.2, -0.15) is 0 Å². The second kappa shape index (κ2) is 11.2.